The van der Waals surface area contributed by atoms with Crippen molar-refractivity contribution in [2.45, 2.75) is 6.92 Å². The molecule has 0 aromatic carbocycles. The van der Waals surface area contributed by atoms with Gasteiger partial charge in [-0.25, -0.2) is 0 Å². The lowest BCUT2D eigenvalue weighted by Gasteiger charge is -2.19. The van der Waals surface area contributed by atoms with E-state index in [4.69, 9.17) is 10.8 Å². The smallest absolute Gasteiger partial charge is 0.0930 e. The molecule has 0 saturated heterocycles. The lowest BCUT2D eigenvalue weighted by molar-refractivity contribution is 0.302. The van der Waals surface area contributed by atoms with Crippen molar-refractivity contribution in [3.63, 3.8) is 0 Å². The van der Waals surface area contributed by atoms with Crippen molar-refractivity contribution in [2.24, 2.45) is 0 Å². The predicted octanol–water partition coefficient (Wildman–Crippen LogP) is 1.15. The summed E-state index contributed by atoms with van der Waals surface area (Å²) in [5.41, 5.74) is 5.60. The first-order valence-corrected chi connectivity index (χ1v) is 4.80. The van der Waals surface area contributed by atoms with Crippen LogP contribution in [0.3, 0.4) is 0 Å². The minimum absolute atomic E-state index is 0.186. The Balaban J connectivity index is 2.66. The van der Waals surface area contributed by atoms with Crippen LogP contribution >= 0.6 is 11.3 Å². The van der Waals surface area contributed by atoms with Crippen LogP contribution in [-0.4, -0.2) is 24.8 Å². The van der Waals surface area contributed by atoms with Gasteiger partial charge in [-0.3, -0.25) is 0 Å². The fraction of sp³-hybridized carbons (Fsp3) is 0.500. The highest BCUT2D eigenvalue weighted by Crippen LogP contribution is 2.27. The van der Waals surface area contributed by atoms with Gasteiger partial charge in [0.15, 0.2) is 0 Å². The van der Waals surface area contributed by atoms with Crippen LogP contribution in [0.2, 0.25) is 0 Å². The van der Waals surface area contributed by atoms with E-state index in [1.807, 2.05) is 12.1 Å². The molecule has 0 aliphatic rings. The Morgan fingerprint density at radius 3 is 2.75 bits per heavy atom. The number of aliphatic hydroxyl groups excluding tert-OH is 1. The molecule has 12 heavy (non-hydrogen) atoms. The number of likely N-dealkylation sites (N-methyl/N-ethyl adjacent to an activating group) is 1. The Hall–Kier alpha value is -0.740. The highest BCUT2D eigenvalue weighted by Gasteiger charge is 2.04. The van der Waals surface area contributed by atoms with Gasteiger partial charge in [-0.05, 0) is 19.1 Å². The summed E-state index contributed by atoms with van der Waals surface area (Å²) in [6, 6.07) is 3.87. The third-order valence-corrected chi connectivity index (χ3v) is 2.65. The van der Waals surface area contributed by atoms with E-state index < -0.39 is 0 Å². The van der Waals surface area contributed by atoms with Crippen LogP contribution < -0.4 is 10.6 Å². The van der Waals surface area contributed by atoms with Gasteiger partial charge in [0.1, 0.15) is 0 Å². The topological polar surface area (TPSA) is 49.5 Å². The summed E-state index contributed by atoms with van der Waals surface area (Å²) in [5.74, 6) is 0. The Labute approximate surface area is 76.4 Å². The molecule has 0 spiro atoms. The van der Waals surface area contributed by atoms with Gasteiger partial charge in [0.05, 0.1) is 16.6 Å². The van der Waals surface area contributed by atoms with Crippen molar-refractivity contribution in [2.75, 3.05) is 30.3 Å². The summed E-state index contributed by atoms with van der Waals surface area (Å²) in [7, 11) is 0. The van der Waals surface area contributed by atoms with E-state index in [1.54, 1.807) is 11.3 Å². The van der Waals surface area contributed by atoms with Crippen LogP contribution in [-0.2, 0) is 0 Å². The molecule has 0 atom stereocenters. The van der Waals surface area contributed by atoms with Crippen molar-refractivity contribution in [1.82, 2.24) is 0 Å². The summed E-state index contributed by atoms with van der Waals surface area (Å²) in [6.07, 6.45) is 0. The molecule has 0 saturated carbocycles. The summed E-state index contributed by atoms with van der Waals surface area (Å²) in [4.78, 5) is 2.10. The maximum Gasteiger partial charge on any atom is 0.0930 e. The summed E-state index contributed by atoms with van der Waals surface area (Å²) in [6.45, 7) is 3.83. The molecule has 0 aliphatic heterocycles. The van der Waals surface area contributed by atoms with E-state index in [1.165, 1.54) is 0 Å². The van der Waals surface area contributed by atoms with Crippen molar-refractivity contribution >= 4 is 21.3 Å². The number of hydrogen-bond donors (Lipinski definition) is 2. The highest BCUT2D eigenvalue weighted by atomic mass is 32.1. The molecule has 4 heteroatoms. The molecular formula is C8H14N2OS. The average molecular weight is 186 g/mol. The summed E-state index contributed by atoms with van der Waals surface area (Å²) >= 11 is 1.55. The summed E-state index contributed by atoms with van der Waals surface area (Å²) in [5, 5.41) is 10.7. The molecule has 0 aliphatic carbocycles. The van der Waals surface area contributed by atoms with Crippen LogP contribution in [0.1, 0.15) is 6.92 Å². The largest absolute Gasteiger partial charge is 0.395 e. The van der Waals surface area contributed by atoms with Crippen LogP contribution in [0.15, 0.2) is 12.1 Å². The van der Waals surface area contributed by atoms with E-state index in [9.17, 15) is 0 Å². The molecule has 0 amide bonds. The van der Waals surface area contributed by atoms with Crippen molar-refractivity contribution in [1.29, 1.82) is 0 Å². The van der Waals surface area contributed by atoms with Gasteiger partial charge >= 0.3 is 0 Å². The number of rotatable bonds is 4. The second-order valence-electron chi connectivity index (χ2n) is 2.48. The van der Waals surface area contributed by atoms with Crippen LogP contribution in [0.5, 0.6) is 0 Å². The standard InChI is InChI=1S/C8H14N2OS/c1-2-10(5-6-11)8-4-3-7(9)12-8/h3-4,11H,2,5-6,9H2,1H3. The third-order valence-electron chi connectivity index (χ3n) is 1.68. The lowest BCUT2D eigenvalue weighted by Crippen LogP contribution is -2.25. The number of hydrogen-bond acceptors (Lipinski definition) is 4. The number of anilines is 2. The maximum atomic E-state index is 8.77. The SMILES string of the molecule is CCN(CCO)c1ccc(N)s1. The first-order valence-electron chi connectivity index (χ1n) is 3.99. The zero-order chi connectivity index (χ0) is 8.97. The molecule has 0 radical (unpaired) electrons. The number of nitrogens with zero attached hydrogens (tertiary/aromatic N) is 1. The fourth-order valence-corrected chi connectivity index (χ4v) is 1.92. The Kier molecular flexibility index (Phi) is 3.37. The van der Waals surface area contributed by atoms with E-state index in [0.717, 1.165) is 16.5 Å². The van der Waals surface area contributed by atoms with E-state index in [-0.39, 0.29) is 6.61 Å². The van der Waals surface area contributed by atoms with Gasteiger partial charge in [-0.1, -0.05) is 0 Å². The van der Waals surface area contributed by atoms with Gasteiger partial charge in [0.2, 0.25) is 0 Å². The maximum absolute atomic E-state index is 8.77. The van der Waals surface area contributed by atoms with Crippen molar-refractivity contribution < 1.29 is 5.11 Å². The fourth-order valence-electron chi connectivity index (χ4n) is 1.06. The van der Waals surface area contributed by atoms with Crippen molar-refractivity contribution in [3.05, 3.63) is 12.1 Å². The second-order valence-corrected chi connectivity index (χ2v) is 3.57. The minimum Gasteiger partial charge on any atom is -0.395 e. The van der Waals surface area contributed by atoms with Crippen LogP contribution in [0, 0.1) is 0 Å². The first kappa shape index (κ1) is 9.35. The van der Waals surface area contributed by atoms with E-state index >= 15 is 0 Å². The molecule has 1 aromatic heterocycles. The van der Waals surface area contributed by atoms with Crippen molar-refractivity contribution in [3.8, 4) is 0 Å². The van der Waals surface area contributed by atoms with Gasteiger partial charge in [0.25, 0.3) is 0 Å². The Bertz CT molecular complexity index is 237. The summed E-state index contributed by atoms with van der Waals surface area (Å²) < 4.78 is 0. The minimum atomic E-state index is 0.186. The second kappa shape index (κ2) is 4.33. The number of nitrogen functional groups attached to an aromatic ring is 1. The Morgan fingerprint density at radius 1 is 1.58 bits per heavy atom. The molecule has 1 aromatic rings. The average Bonchev–Trinajstić information content (AvgIpc) is 2.47. The molecule has 1 heterocycles. The molecule has 3 N–H and O–H groups in total. The van der Waals surface area contributed by atoms with E-state index in [0.29, 0.717) is 6.54 Å². The molecule has 0 fully saturated rings. The predicted molar refractivity (Wildman–Crippen MR) is 53.7 cm³/mol. The molecule has 68 valence electrons. The molecular weight excluding hydrogens is 172 g/mol. The monoisotopic (exact) mass is 186 g/mol. The van der Waals surface area contributed by atoms with Crippen LogP contribution in [0.4, 0.5) is 10.0 Å². The number of nitrogens with two attached hydrogens (primary N) is 1. The molecule has 0 unspecified atom stereocenters. The Morgan fingerprint density at radius 2 is 2.33 bits per heavy atom. The van der Waals surface area contributed by atoms with Crippen LogP contribution in [0.25, 0.3) is 0 Å². The van der Waals surface area contributed by atoms with Gasteiger partial charge in [0, 0.05) is 13.1 Å². The molecule has 0 bridgehead atoms. The first-order chi connectivity index (χ1) is 5.77. The van der Waals surface area contributed by atoms with Gasteiger partial charge in [-0.15, -0.1) is 11.3 Å². The van der Waals surface area contributed by atoms with Gasteiger partial charge < -0.3 is 15.7 Å². The molecule has 3 nitrogen and oxygen atoms in total. The zero-order valence-corrected chi connectivity index (χ0v) is 7.97. The number of aliphatic hydroxyl groups is 1. The third kappa shape index (κ3) is 2.12. The lowest BCUT2D eigenvalue weighted by atomic mass is 10.5. The molecule has 1 rings (SSSR count). The zero-order valence-electron chi connectivity index (χ0n) is 7.16. The quantitative estimate of drug-likeness (QED) is 0.741. The van der Waals surface area contributed by atoms with Gasteiger partial charge in [-0.2, -0.15) is 0 Å². The highest BCUT2D eigenvalue weighted by molar-refractivity contribution is 7.19. The normalized spacial score (nSPS) is 10.2. The number of thiophene rings is 1. The van der Waals surface area contributed by atoms with E-state index in [2.05, 4.69) is 11.8 Å².